The third-order valence-corrected chi connectivity index (χ3v) is 3.18. The summed E-state index contributed by atoms with van der Waals surface area (Å²) >= 11 is 0. The molecule has 0 amide bonds. The van der Waals surface area contributed by atoms with Crippen molar-refractivity contribution in [2.75, 3.05) is 13.2 Å². The van der Waals surface area contributed by atoms with E-state index >= 15 is 0 Å². The smallest absolute Gasteiger partial charge is 0.0663 e. The summed E-state index contributed by atoms with van der Waals surface area (Å²) in [6.45, 7) is 10.4. The minimum absolute atomic E-state index is 0.00219. The van der Waals surface area contributed by atoms with Crippen molar-refractivity contribution in [2.24, 2.45) is 11.7 Å². The molecular formula is C12H27NO. The van der Waals surface area contributed by atoms with Gasteiger partial charge in [0.05, 0.1) is 5.60 Å². The molecule has 86 valence electrons. The van der Waals surface area contributed by atoms with Crippen LogP contribution in [0.1, 0.15) is 53.4 Å². The van der Waals surface area contributed by atoms with Crippen LogP contribution in [0.15, 0.2) is 0 Å². The molecule has 0 aliphatic carbocycles. The van der Waals surface area contributed by atoms with Crippen molar-refractivity contribution >= 4 is 0 Å². The molecule has 0 bridgehead atoms. The molecule has 0 radical (unpaired) electrons. The maximum Gasteiger partial charge on any atom is 0.0663 e. The highest BCUT2D eigenvalue weighted by Crippen LogP contribution is 2.20. The molecule has 0 spiro atoms. The summed E-state index contributed by atoms with van der Waals surface area (Å²) in [7, 11) is 0. The van der Waals surface area contributed by atoms with Gasteiger partial charge in [-0.2, -0.15) is 0 Å². The largest absolute Gasteiger partial charge is 0.375 e. The second-order valence-corrected chi connectivity index (χ2v) is 4.49. The molecule has 2 unspecified atom stereocenters. The molecule has 0 aliphatic rings. The first kappa shape index (κ1) is 13.9. The molecule has 0 aromatic heterocycles. The minimum Gasteiger partial charge on any atom is -0.375 e. The van der Waals surface area contributed by atoms with Crippen LogP contribution < -0.4 is 5.73 Å². The van der Waals surface area contributed by atoms with E-state index in [9.17, 15) is 0 Å². The van der Waals surface area contributed by atoms with Crippen LogP contribution in [-0.2, 0) is 4.74 Å². The Morgan fingerprint density at radius 2 is 2.00 bits per heavy atom. The second kappa shape index (κ2) is 7.24. The number of ether oxygens (including phenoxy) is 1. The first-order valence-corrected chi connectivity index (χ1v) is 5.92. The highest BCUT2D eigenvalue weighted by atomic mass is 16.5. The first-order chi connectivity index (χ1) is 6.58. The van der Waals surface area contributed by atoms with Crippen molar-refractivity contribution in [3.63, 3.8) is 0 Å². The molecule has 2 heteroatoms. The van der Waals surface area contributed by atoms with Gasteiger partial charge >= 0.3 is 0 Å². The lowest BCUT2D eigenvalue weighted by molar-refractivity contribution is -0.0431. The van der Waals surface area contributed by atoms with Gasteiger partial charge in [0.15, 0.2) is 0 Å². The highest BCUT2D eigenvalue weighted by Gasteiger charge is 2.21. The maximum atomic E-state index is 5.91. The Kier molecular flexibility index (Phi) is 7.20. The zero-order chi connectivity index (χ0) is 11.0. The maximum absolute atomic E-state index is 5.91. The average Bonchev–Trinajstić information content (AvgIpc) is 2.18. The normalized spacial score (nSPS) is 17.8. The van der Waals surface area contributed by atoms with Gasteiger partial charge in [-0.05, 0) is 38.6 Å². The third kappa shape index (κ3) is 5.61. The molecule has 0 rings (SSSR count). The summed E-state index contributed by atoms with van der Waals surface area (Å²) in [6, 6.07) is 0. The fraction of sp³-hybridized carbons (Fsp3) is 1.00. The van der Waals surface area contributed by atoms with Crippen molar-refractivity contribution in [2.45, 2.75) is 59.0 Å². The predicted octanol–water partition coefficient (Wildman–Crippen LogP) is 2.96. The van der Waals surface area contributed by atoms with Gasteiger partial charge in [-0.25, -0.2) is 0 Å². The fourth-order valence-electron chi connectivity index (χ4n) is 1.37. The van der Waals surface area contributed by atoms with Crippen LogP contribution in [0, 0.1) is 5.92 Å². The lowest BCUT2D eigenvalue weighted by Crippen LogP contribution is -2.31. The summed E-state index contributed by atoms with van der Waals surface area (Å²) < 4.78 is 5.91. The molecule has 14 heavy (non-hydrogen) atoms. The van der Waals surface area contributed by atoms with E-state index in [1.165, 1.54) is 6.42 Å². The van der Waals surface area contributed by atoms with E-state index in [-0.39, 0.29) is 5.60 Å². The zero-order valence-corrected chi connectivity index (χ0v) is 10.3. The van der Waals surface area contributed by atoms with E-state index in [0.717, 1.165) is 31.8 Å². The van der Waals surface area contributed by atoms with Gasteiger partial charge in [0.2, 0.25) is 0 Å². The summed E-state index contributed by atoms with van der Waals surface area (Å²) in [5, 5.41) is 0. The van der Waals surface area contributed by atoms with Crippen LogP contribution in [-0.4, -0.2) is 18.8 Å². The van der Waals surface area contributed by atoms with Gasteiger partial charge in [0.1, 0.15) is 0 Å². The molecule has 2 nitrogen and oxygen atoms in total. The van der Waals surface area contributed by atoms with Gasteiger partial charge in [-0.3, -0.25) is 0 Å². The summed E-state index contributed by atoms with van der Waals surface area (Å²) in [5.74, 6) is 0.772. The quantitative estimate of drug-likeness (QED) is 0.655. The van der Waals surface area contributed by atoms with E-state index < -0.39 is 0 Å². The third-order valence-electron chi connectivity index (χ3n) is 3.18. The summed E-state index contributed by atoms with van der Waals surface area (Å²) in [6.07, 6.45) is 4.41. The molecule has 0 saturated heterocycles. The average molecular weight is 201 g/mol. The van der Waals surface area contributed by atoms with Crippen molar-refractivity contribution in [3.8, 4) is 0 Å². The Labute approximate surface area is 89.2 Å². The van der Waals surface area contributed by atoms with E-state index in [4.69, 9.17) is 10.5 Å². The van der Waals surface area contributed by atoms with Crippen molar-refractivity contribution in [1.82, 2.24) is 0 Å². The Morgan fingerprint density at radius 3 is 2.43 bits per heavy atom. The van der Waals surface area contributed by atoms with Gasteiger partial charge in [-0.1, -0.05) is 27.2 Å². The van der Waals surface area contributed by atoms with Crippen LogP contribution in [0.5, 0.6) is 0 Å². The van der Waals surface area contributed by atoms with Gasteiger partial charge in [-0.15, -0.1) is 0 Å². The van der Waals surface area contributed by atoms with Crippen molar-refractivity contribution in [1.29, 1.82) is 0 Å². The first-order valence-electron chi connectivity index (χ1n) is 5.92. The standard InChI is InChI=1S/C12H27NO/c1-5-11(3)7-10-14-12(4,6-2)8-9-13/h11H,5-10,13H2,1-4H3. The second-order valence-electron chi connectivity index (χ2n) is 4.49. The zero-order valence-electron chi connectivity index (χ0n) is 10.3. The van der Waals surface area contributed by atoms with Crippen molar-refractivity contribution < 1.29 is 4.74 Å². The molecule has 0 saturated carbocycles. The SMILES string of the molecule is CCC(C)CCOC(C)(CC)CCN. The molecule has 0 aromatic rings. The molecule has 2 N–H and O–H groups in total. The fourth-order valence-corrected chi connectivity index (χ4v) is 1.37. The van der Waals surface area contributed by atoms with Gasteiger partial charge in [0, 0.05) is 6.61 Å². The summed E-state index contributed by atoms with van der Waals surface area (Å²) in [4.78, 5) is 0. The minimum atomic E-state index is 0.00219. The summed E-state index contributed by atoms with van der Waals surface area (Å²) in [5.41, 5.74) is 5.57. The van der Waals surface area contributed by atoms with Gasteiger partial charge < -0.3 is 10.5 Å². The van der Waals surface area contributed by atoms with Crippen LogP contribution in [0.25, 0.3) is 0 Å². The van der Waals surface area contributed by atoms with Crippen LogP contribution in [0.4, 0.5) is 0 Å². The van der Waals surface area contributed by atoms with E-state index in [2.05, 4.69) is 27.7 Å². The Morgan fingerprint density at radius 1 is 1.36 bits per heavy atom. The molecule has 0 aromatic carbocycles. The van der Waals surface area contributed by atoms with Crippen LogP contribution in [0.2, 0.25) is 0 Å². The molecular weight excluding hydrogens is 174 g/mol. The molecule has 2 atom stereocenters. The van der Waals surface area contributed by atoms with Crippen LogP contribution in [0.3, 0.4) is 0 Å². The molecule has 0 heterocycles. The van der Waals surface area contributed by atoms with E-state index in [1.54, 1.807) is 0 Å². The monoisotopic (exact) mass is 201 g/mol. The Bertz CT molecular complexity index is 138. The Hall–Kier alpha value is -0.0800. The Balaban J connectivity index is 3.72. The van der Waals surface area contributed by atoms with Crippen molar-refractivity contribution in [3.05, 3.63) is 0 Å². The van der Waals surface area contributed by atoms with E-state index in [0.29, 0.717) is 6.54 Å². The topological polar surface area (TPSA) is 35.2 Å². The van der Waals surface area contributed by atoms with Crippen LogP contribution >= 0.6 is 0 Å². The lowest BCUT2D eigenvalue weighted by Gasteiger charge is -2.28. The highest BCUT2D eigenvalue weighted by molar-refractivity contribution is 4.73. The predicted molar refractivity (Wildman–Crippen MR) is 62.4 cm³/mol. The molecule has 0 fully saturated rings. The number of hydrogen-bond donors (Lipinski definition) is 1. The number of hydrogen-bond acceptors (Lipinski definition) is 2. The molecule has 0 aliphatic heterocycles. The number of rotatable bonds is 8. The lowest BCUT2D eigenvalue weighted by atomic mass is 9.98. The number of nitrogens with two attached hydrogens (primary N) is 1. The van der Waals surface area contributed by atoms with Gasteiger partial charge in [0.25, 0.3) is 0 Å². The van der Waals surface area contributed by atoms with E-state index in [1.807, 2.05) is 0 Å².